The van der Waals surface area contributed by atoms with Crippen molar-refractivity contribution in [2.24, 2.45) is 0 Å². The average molecular weight is 571 g/mol. The van der Waals surface area contributed by atoms with E-state index < -0.39 is 24.6 Å². The first kappa shape index (κ1) is 30.5. The Labute approximate surface area is 241 Å². The highest BCUT2D eigenvalue weighted by Crippen LogP contribution is 2.23. The van der Waals surface area contributed by atoms with Crippen LogP contribution < -0.4 is 10.6 Å². The number of rotatable bonds is 12. The maximum Gasteiger partial charge on any atom is 0.511 e. The molecule has 41 heavy (non-hydrogen) atoms. The highest BCUT2D eigenvalue weighted by Gasteiger charge is 2.33. The van der Waals surface area contributed by atoms with Gasteiger partial charge in [0.25, 0.3) is 6.29 Å². The fourth-order valence-electron chi connectivity index (χ4n) is 5.26. The number of phenolic OH excluding ortho intramolecular Hbond substituents is 2. The van der Waals surface area contributed by atoms with E-state index in [-0.39, 0.29) is 36.8 Å². The van der Waals surface area contributed by atoms with Crippen LogP contribution in [0, 0.1) is 0 Å². The van der Waals surface area contributed by atoms with Gasteiger partial charge >= 0.3 is 12.3 Å². The summed E-state index contributed by atoms with van der Waals surface area (Å²) in [5, 5.41) is 26.9. The molecule has 2 aliphatic rings. The lowest BCUT2D eigenvalue weighted by Crippen LogP contribution is -2.50. The van der Waals surface area contributed by atoms with E-state index in [1.54, 1.807) is 42.5 Å². The van der Waals surface area contributed by atoms with E-state index in [1.807, 2.05) is 6.07 Å². The van der Waals surface area contributed by atoms with E-state index >= 15 is 0 Å². The van der Waals surface area contributed by atoms with Gasteiger partial charge in [-0.25, -0.2) is 9.59 Å². The Morgan fingerprint density at radius 3 is 1.66 bits per heavy atom. The minimum Gasteiger partial charge on any atom is -0.508 e. The molecule has 4 rings (SSSR count). The molecule has 0 radical (unpaired) electrons. The number of ether oxygens (including phenoxy) is 4. The van der Waals surface area contributed by atoms with E-state index in [0.29, 0.717) is 17.7 Å². The van der Waals surface area contributed by atoms with Crippen LogP contribution in [0.2, 0.25) is 0 Å². The van der Waals surface area contributed by atoms with Crippen LogP contribution in [0.25, 0.3) is 0 Å². The minimum atomic E-state index is -1.38. The van der Waals surface area contributed by atoms with Crippen molar-refractivity contribution in [2.75, 3.05) is 6.54 Å². The SMILES string of the molecule is O=C(OC1CCCCC1)OC(OC(=O)OC1CCCCC1)C(CNCc1ccccc1O)NCc1ccccc1O. The molecule has 0 aromatic heterocycles. The molecule has 0 heterocycles. The molecule has 2 fully saturated rings. The van der Waals surface area contributed by atoms with Crippen molar-refractivity contribution in [1.82, 2.24) is 10.6 Å². The van der Waals surface area contributed by atoms with Gasteiger partial charge in [0.05, 0.1) is 6.04 Å². The van der Waals surface area contributed by atoms with Gasteiger partial charge < -0.3 is 39.8 Å². The van der Waals surface area contributed by atoms with Crippen molar-refractivity contribution in [3.63, 3.8) is 0 Å². The van der Waals surface area contributed by atoms with E-state index in [2.05, 4.69) is 10.6 Å². The number of hydrogen-bond acceptors (Lipinski definition) is 10. The molecule has 0 saturated heterocycles. The van der Waals surface area contributed by atoms with E-state index in [1.165, 1.54) is 0 Å². The number of nitrogens with one attached hydrogen (secondary N) is 2. The maximum atomic E-state index is 12.9. The summed E-state index contributed by atoms with van der Waals surface area (Å²) < 4.78 is 22.4. The van der Waals surface area contributed by atoms with Crippen molar-refractivity contribution in [3.8, 4) is 11.5 Å². The lowest BCUT2D eigenvalue weighted by Gasteiger charge is -2.29. The molecule has 0 amide bonds. The standard InChI is InChI=1S/C31H42N2O8/c34-27-17-9-7-11-22(27)19-32-21-26(33-20-23-12-8-10-18-28(23)35)29(40-30(36)38-24-13-3-1-4-14-24)41-31(37)39-25-15-5-2-6-16-25/h7-12,17-18,24-26,29,32-35H,1-6,13-16,19-21H2. The molecular weight excluding hydrogens is 528 g/mol. The number of phenols is 2. The molecule has 10 heteroatoms. The third kappa shape index (κ3) is 10.1. The smallest absolute Gasteiger partial charge is 0.508 e. The van der Waals surface area contributed by atoms with Gasteiger partial charge in [0.2, 0.25) is 0 Å². The number of carbonyl (C=O) groups is 2. The fourth-order valence-corrected chi connectivity index (χ4v) is 5.26. The van der Waals surface area contributed by atoms with Gasteiger partial charge in [-0.3, -0.25) is 0 Å². The van der Waals surface area contributed by atoms with Crippen molar-refractivity contribution in [1.29, 1.82) is 0 Å². The van der Waals surface area contributed by atoms with Crippen LogP contribution in [0.5, 0.6) is 11.5 Å². The van der Waals surface area contributed by atoms with Gasteiger partial charge in [0.1, 0.15) is 23.7 Å². The second kappa shape index (κ2) is 16.1. The highest BCUT2D eigenvalue weighted by atomic mass is 16.8. The summed E-state index contributed by atoms with van der Waals surface area (Å²) in [6.07, 6.45) is 5.50. The molecule has 4 N–H and O–H groups in total. The largest absolute Gasteiger partial charge is 0.511 e. The maximum absolute atomic E-state index is 12.9. The number of benzene rings is 2. The number of aromatic hydroxyl groups is 2. The third-order valence-electron chi connectivity index (χ3n) is 7.60. The Morgan fingerprint density at radius 2 is 1.17 bits per heavy atom. The van der Waals surface area contributed by atoms with Crippen LogP contribution in [-0.2, 0) is 32.0 Å². The van der Waals surface area contributed by atoms with Gasteiger partial charge in [-0.1, -0.05) is 49.2 Å². The first-order valence-electron chi connectivity index (χ1n) is 14.7. The first-order valence-corrected chi connectivity index (χ1v) is 14.7. The summed E-state index contributed by atoms with van der Waals surface area (Å²) in [5.41, 5.74) is 1.30. The lowest BCUT2D eigenvalue weighted by molar-refractivity contribution is -0.132. The van der Waals surface area contributed by atoms with Crippen molar-refractivity contribution in [3.05, 3.63) is 59.7 Å². The topological polar surface area (TPSA) is 136 Å². The predicted octanol–water partition coefficient (Wildman–Crippen LogP) is 5.64. The third-order valence-corrected chi connectivity index (χ3v) is 7.60. The normalized spacial score (nSPS) is 17.1. The zero-order valence-corrected chi connectivity index (χ0v) is 23.5. The Morgan fingerprint density at radius 1 is 0.707 bits per heavy atom. The fraction of sp³-hybridized carbons (Fsp3) is 0.548. The number of hydrogen-bond donors (Lipinski definition) is 4. The van der Waals surface area contributed by atoms with Crippen LogP contribution in [0.15, 0.2) is 48.5 Å². The summed E-state index contributed by atoms with van der Waals surface area (Å²) in [4.78, 5) is 25.7. The van der Waals surface area contributed by atoms with E-state index in [0.717, 1.165) is 64.2 Å². The Bertz CT molecular complexity index is 1070. The number of para-hydroxylation sites is 2. The summed E-state index contributed by atoms with van der Waals surface area (Å²) >= 11 is 0. The van der Waals surface area contributed by atoms with E-state index in [9.17, 15) is 19.8 Å². The Hall–Kier alpha value is -3.50. The first-order chi connectivity index (χ1) is 20.0. The molecule has 2 aromatic carbocycles. The van der Waals surface area contributed by atoms with Crippen LogP contribution in [0.3, 0.4) is 0 Å². The Balaban J connectivity index is 1.47. The number of carbonyl (C=O) groups excluding carboxylic acids is 2. The highest BCUT2D eigenvalue weighted by molar-refractivity contribution is 5.62. The Kier molecular flexibility index (Phi) is 11.9. The zero-order valence-electron chi connectivity index (χ0n) is 23.5. The summed E-state index contributed by atoms with van der Waals surface area (Å²) in [5.74, 6) is 0.252. The van der Waals surface area contributed by atoms with Gasteiger partial charge in [0, 0.05) is 30.8 Å². The molecule has 0 aliphatic heterocycles. The van der Waals surface area contributed by atoms with Gasteiger partial charge in [-0.05, 0) is 63.5 Å². The summed E-state index contributed by atoms with van der Waals surface area (Å²) in [6, 6.07) is 13.1. The van der Waals surface area contributed by atoms with Gasteiger partial charge in [0.15, 0.2) is 0 Å². The molecule has 2 aromatic rings. The molecule has 1 atom stereocenters. The van der Waals surface area contributed by atoms with Gasteiger partial charge in [-0.15, -0.1) is 0 Å². The van der Waals surface area contributed by atoms with E-state index in [4.69, 9.17) is 18.9 Å². The molecule has 0 bridgehead atoms. The zero-order chi connectivity index (χ0) is 28.9. The lowest BCUT2D eigenvalue weighted by atomic mass is 9.98. The molecule has 10 nitrogen and oxygen atoms in total. The van der Waals surface area contributed by atoms with Crippen LogP contribution in [0.1, 0.15) is 75.3 Å². The molecular formula is C31H42N2O8. The second-order valence-electron chi connectivity index (χ2n) is 10.7. The monoisotopic (exact) mass is 570 g/mol. The second-order valence-corrected chi connectivity index (χ2v) is 10.7. The quantitative estimate of drug-likeness (QED) is 0.187. The summed E-state index contributed by atoms with van der Waals surface area (Å²) in [6.45, 7) is 0.696. The molecule has 224 valence electrons. The summed E-state index contributed by atoms with van der Waals surface area (Å²) in [7, 11) is 0. The molecule has 0 spiro atoms. The van der Waals surface area contributed by atoms with Crippen molar-refractivity contribution < 1.29 is 38.7 Å². The predicted molar refractivity (Wildman–Crippen MR) is 151 cm³/mol. The van der Waals surface area contributed by atoms with Crippen LogP contribution >= 0.6 is 0 Å². The minimum absolute atomic E-state index is 0.104. The van der Waals surface area contributed by atoms with Crippen LogP contribution in [-0.4, -0.2) is 53.6 Å². The molecule has 1 unspecified atom stereocenters. The van der Waals surface area contributed by atoms with Crippen molar-refractivity contribution >= 4 is 12.3 Å². The average Bonchev–Trinajstić information content (AvgIpc) is 2.97. The molecule has 2 aliphatic carbocycles. The van der Waals surface area contributed by atoms with Crippen molar-refractivity contribution in [2.45, 2.75) is 102 Å². The molecule has 2 saturated carbocycles. The van der Waals surface area contributed by atoms with Gasteiger partial charge in [-0.2, -0.15) is 0 Å². The van der Waals surface area contributed by atoms with Crippen LogP contribution in [0.4, 0.5) is 9.59 Å².